The van der Waals surface area contributed by atoms with Gasteiger partial charge in [0.1, 0.15) is 11.5 Å². The Bertz CT molecular complexity index is 528. The molecule has 1 heterocycles. The molecular weight excluding hydrogens is 231 g/mol. The fraction of sp³-hybridized carbons (Fsp3) is 0.143. The van der Waals surface area contributed by atoms with Crippen LogP contribution in [0.1, 0.15) is 16.1 Å². The molecule has 18 heavy (non-hydrogen) atoms. The highest BCUT2D eigenvalue weighted by atomic mass is 19.1. The zero-order valence-corrected chi connectivity index (χ0v) is 9.77. The van der Waals surface area contributed by atoms with E-state index in [9.17, 15) is 9.18 Å². The van der Waals surface area contributed by atoms with Gasteiger partial charge in [-0.3, -0.25) is 9.78 Å². The number of hydrogen-bond donors (Lipinski definition) is 1. The van der Waals surface area contributed by atoms with E-state index in [2.05, 4.69) is 10.3 Å². The summed E-state index contributed by atoms with van der Waals surface area (Å²) in [4.78, 5) is 15.6. The Balaban J connectivity index is 1.84. The lowest BCUT2D eigenvalue weighted by atomic mass is 10.1. The van der Waals surface area contributed by atoms with Gasteiger partial charge in [0.05, 0.1) is 0 Å². The lowest BCUT2D eigenvalue weighted by Crippen LogP contribution is -2.26. The standard InChI is InChI=1S/C14H13FN2O/c15-12-5-3-4-11(10-12)7-9-17-14(18)13-6-1-2-8-16-13/h1-6,8,10H,7,9H2,(H,17,18). The fourth-order valence-corrected chi connectivity index (χ4v) is 1.60. The molecule has 0 radical (unpaired) electrons. The van der Waals surface area contributed by atoms with Gasteiger partial charge in [-0.25, -0.2) is 4.39 Å². The summed E-state index contributed by atoms with van der Waals surface area (Å²) >= 11 is 0. The highest BCUT2D eigenvalue weighted by molar-refractivity contribution is 5.92. The maximum absolute atomic E-state index is 12.9. The van der Waals surface area contributed by atoms with E-state index >= 15 is 0 Å². The molecule has 1 aromatic heterocycles. The molecule has 0 fully saturated rings. The van der Waals surface area contributed by atoms with Crippen molar-refractivity contribution in [3.8, 4) is 0 Å². The van der Waals surface area contributed by atoms with Gasteiger partial charge < -0.3 is 5.32 Å². The van der Waals surface area contributed by atoms with E-state index < -0.39 is 0 Å². The van der Waals surface area contributed by atoms with Crippen LogP contribution in [-0.4, -0.2) is 17.4 Å². The van der Waals surface area contributed by atoms with E-state index in [0.29, 0.717) is 18.7 Å². The van der Waals surface area contributed by atoms with Crippen molar-refractivity contribution in [2.24, 2.45) is 0 Å². The Morgan fingerprint density at radius 3 is 2.83 bits per heavy atom. The molecule has 0 bridgehead atoms. The molecule has 0 aliphatic rings. The number of rotatable bonds is 4. The normalized spacial score (nSPS) is 10.1. The van der Waals surface area contributed by atoms with Crippen LogP contribution >= 0.6 is 0 Å². The third kappa shape index (κ3) is 3.38. The van der Waals surface area contributed by atoms with Crippen LogP contribution in [-0.2, 0) is 6.42 Å². The van der Waals surface area contributed by atoms with Crippen LogP contribution in [0.3, 0.4) is 0 Å². The average Bonchev–Trinajstić information content (AvgIpc) is 2.40. The Hall–Kier alpha value is -2.23. The molecule has 1 N–H and O–H groups in total. The minimum Gasteiger partial charge on any atom is -0.350 e. The van der Waals surface area contributed by atoms with Crippen molar-refractivity contribution < 1.29 is 9.18 Å². The molecule has 0 atom stereocenters. The van der Waals surface area contributed by atoms with E-state index in [-0.39, 0.29) is 11.7 Å². The number of halogens is 1. The first-order valence-corrected chi connectivity index (χ1v) is 5.69. The topological polar surface area (TPSA) is 42.0 Å². The van der Waals surface area contributed by atoms with Crippen LogP contribution in [0.4, 0.5) is 4.39 Å². The van der Waals surface area contributed by atoms with Gasteiger partial charge in [-0.1, -0.05) is 18.2 Å². The van der Waals surface area contributed by atoms with E-state index in [1.807, 2.05) is 6.07 Å². The van der Waals surface area contributed by atoms with E-state index in [0.717, 1.165) is 5.56 Å². The molecule has 0 aliphatic carbocycles. The largest absolute Gasteiger partial charge is 0.350 e. The predicted octanol–water partition coefficient (Wildman–Crippen LogP) is 2.19. The van der Waals surface area contributed by atoms with Crippen molar-refractivity contribution in [1.82, 2.24) is 10.3 Å². The van der Waals surface area contributed by atoms with Gasteiger partial charge in [0, 0.05) is 12.7 Å². The van der Waals surface area contributed by atoms with Crippen LogP contribution in [0.25, 0.3) is 0 Å². The minimum absolute atomic E-state index is 0.216. The van der Waals surface area contributed by atoms with Gasteiger partial charge in [0.25, 0.3) is 5.91 Å². The van der Waals surface area contributed by atoms with Crippen LogP contribution in [0.2, 0.25) is 0 Å². The predicted molar refractivity (Wildman–Crippen MR) is 66.7 cm³/mol. The van der Waals surface area contributed by atoms with Crippen molar-refractivity contribution in [3.63, 3.8) is 0 Å². The smallest absolute Gasteiger partial charge is 0.269 e. The lowest BCUT2D eigenvalue weighted by molar-refractivity contribution is 0.0949. The monoisotopic (exact) mass is 244 g/mol. The zero-order chi connectivity index (χ0) is 12.8. The molecule has 0 saturated carbocycles. The third-order valence-corrected chi connectivity index (χ3v) is 2.49. The van der Waals surface area contributed by atoms with E-state index in [1.54, 1.807) is 30.5 Å². The molecule has 92 valence electrons. The Morgan fingerprint density at radius 2 is 2.11 bits per heavy atom. The van der Waals surface area contributed by atoms with Crippen LogP contribution in [0, 0.1) is 5.82 Å². The van der Waals surface area contributed by atoms with Gasteiger partial charge in [0.2, 0.25) is 0 Å². The number of carbonyl (C=O) groups is 1. The van der Waals surface area contributed by atoms with Crippen molar-refractivity contribution >= 4 is 5.91 Å². The molecule has 2 rings (SSSR count). The second kappa shape index (κ2) is 5.91. The SMILES string of the molecule is O=C(NCCc1cccc(F)c1)c1ccccn1. The number of aromatic nitrogens is 1. The van der Waals surface area contributed by atoms with Crippen molar-refractivity contribution in [2.75, 3.05) is 6.54 Å². The van der Waals surface area contributed by atoms with E-state index in [4.69, 9.17) is 0 Å². The third-order valence-electron chi connectivity index (χ3n) is 2.49. The van der Waals surface area contributed by atoms with Gasteiger partial charge in [0.15, 0.2) is 0 Å². The number of nitrogens with zero attached hydrogens (tertiary/aromatic N) is 1. The van der Waals surface area contributed by atoms with Crippen molar-refractivity contribution in [3.05, 3.63) is 65.7 Å². The van der Waals surface area contributed by atoms with Gasteiger partial charge in [-0.05, 0) is 36.2 Å². The summed E-state index contributed by atoms with van der Waals surface area (Å²) < 4.78 is 12.9. The number of hydrogen-bond acceptors (Lipinski definition) is 2. The molecule has 3 nitrogen and oxygen atoms in total. The molecule has 0 aliphatic heterocycles. The summed E-state index contributed by atoms with van der Waals surface area (Å²) in [5.41, 5.74) is 1.24. The number of carbonyl (C=O) groups excluding carboxylic acids is 1. The van der Waals surface area contributed by atoms with E-state index in [1.165, 1.54) is 12.1 Å². The molecular formula is C14H13FN2O. The number of nitrogens with one attached hydrogen (secondary N) is 1. The van der Waals surface area contributed by atoms with Gasteiger partial charge in [-0.15, -0.1) is 0 Å². The Kier molecular flexibility index (Phi) is 4.02. The average molecular weight is 244 g/mol. The Morgan fingerprint density at radius 1 is 1.22 bits per heavy atom. The molecule has 1 aromatic carbocycles. The highest BCUT2D eigenvalue weighted by Crippen LogP contribution is 2.03. The summed E-state index contributed by atoms with van der Waals surface area (Å²) in [5.74, 6) is -0.476. The first kappa shape index (κ1) is 12.2. The van der Waals surface area contributed by atoms with Gasteiger partial charge >= 0.3 is 0 Å². The maximum Gasteiger partial charge on any atom is 0.269 e. The zero-order valence-electron chi connectivity index (χ0n) is 9.77. The summed E-state index contributed by atoms with van der Waals surface area (Å²) in [5, 5.41) is 2.74. The summed E-state index contributed by atoms with van der Waals surface area (Å²) in [6.45, 7) is 0.457. The number of pyridine rings is 1. The first-order valence-electron chi connectivity index (χ1n) is 5.69. The molecule has 0 saturated heterocycles. The highest BCUT2D eigenvalue weighted by Gasteiger charge is 2.04. The maximum atomic E-state index is 12.9. The number of amides is 1. The van der Waals surface area contributed by atoms with Crippen LogP contribution in [0.15, 0.2) is 48.7 Å². The molecule has 4 heteroatoms. The van der Waals surface area contributed by atoms with Crippen molar-refractivity contribution in [2.45, 2.75) is 6.42 Å². The Labute approximate surface area is 105 Å². The summed E-state index contributed by atoms with van der Waals surface area (Å²) in [7, 11) is 0. The first-order chi connectivity index (χ1) is 8.75. The van der Waals surface area contributed by atoms with Crippen LogP contribution in [0.5, 0.6) is 0 Å². The van der Waals surface area contributed by atoms with Crippen molar-refractivity contribution in [1.29, 1.82) is 0 Å². The second-order valence-corrected chi connectivity index (χ2v) is 3.85. The second-order valence-electron chi connectivity index (χ2n) is 3.85. The quantitative estimate of drug-likeness (QED) is 0.895. The summed E-state index contributed by atoms with van der Waals surface area (Å²) in [6, 6.07) is 11.5. The molecule has 0 unspecified atom stereocenters. The number of benzene rings is 1. The lowest BCUT2D eigenvalue weighted by Gasteiger charge is -2.04. The summed E-state index contributed by atoms with van der Waals surface area (Å²) in [6.07, 6.45) is 2.16. The molecule has 1 amide bonds. The van der Waals surface area contributed by atoms with Gasteiger partial charge in [-0.2, -0.15) is 0 Å². The minimum atomic E-state index is -0.261. The fourth-order valence-electron chi connectivity index (χ4n) is 1.60. The molecule has 0 spiro atoms. The van der Waals surface area contributed by atoms with Crippen LogP contribution < -0.4 is 5.32 Å². The molecule has 2 aromatic rings.